The SMILES string of the molecule is CCOC(=O)NCCNC(=O)/C=C/c1cccc(OC2CCCC2)c1. The van der Waals surface area contributed by atoms with Crippen molar-refractivity contribution in [3.05, 3.63) is 35.9 Å². The highest BCUT2D eigenvalue weighted by atomic mass is 16.5. The Morgan fingerprint density at radius 1 is 1.20 bits per heavy atom. The summed E-state index contributed by atoms with van der Waals surface area (Å²) in [6, 6.07) is 7.72. The molecule has 0 heterocycles. The molecule has 25 heavy (non-hydrogen) atoms. The molecule has 2 rings (SSSR count). The largest absolute Gasteiger partial charge is 0.490 e. The van der Waals surface area contributed by atoms with Gasteiger partial charge in [-0.05, 0) is 56.4 Å². The first-order valence-corrected chi connectivity index (χ1v) is 8.80. The molecular formula is C19H26N2O4. The van der Waals surface area contributed by atoms with Gasteiger partial charge in [0.1, 0.15) is 5.75 Å². The summed E-state index contributed by atoms with van der Waals surface area (Å²) in [6.45, 7) is 2.72. The van der Waals surface area contributed by atoms with Crippen molar-refractivity contribution < 1.29 is 19.1 Å². The number of carbonyl (C=O) groups excluding carboxylic acids is 2. The summed E-state index contributed by atoms with van der Waals surface area (Å²) in [4.78, 5) is 22.9. The number of carbonyl (C=O) groups is 2. The van der Waals surface area contributed by atoms with Crippen LogP contribution in [0.25, 0.3) is 6.08 Å². The highest BCUT2D eigenvalue weighted by Crippen LogP contribution is 2.24. The average Bonchev–Trinajstić information content (AvgIpc) is 3.10. The van der Waals surface area contributed by atoms with E-state index in [1.165, 1.54) is 18.9 Å². The average molecular weight is 346 g/mol. The van der Waals surface area contributed by atoms with Crippen LogP contribution in [-0.4, -0.2) is 37.8 Å². The van der Waals surface area contributed by atoms with Gasteiger partial charge in [-0.3, -0.25) is 4.79 Å². The smallest absolute Gasteiger partial charge is 0.407 e. The molecule has 1 aromatic rings. The number of hydrogen-bond donors (Lipinski definition) is 2. The molecule has 6 heteroatoms. The van der Waals surface area contributed by atoms with Gasteiger partial charge in [0.05, 0.1) is 12.7 Å². The molecule has 1 saturated carbocycles. The second-order valence-corrected chi connectivity index (χ2v) is 5.87. The van der Waals surface area contributed by atoms with Crippen molar-refractivity contribution in [2.75, 3.05) is 19.7 Å². The Labute approximate surface area is 148 Å². The monoisotopic (exact) mass is 346 g/mol. The van der Waals surface area contributed by atoms with Crippen LogP contribution >= 0.6 is 0 Å². The molecule has 0 bridgehead atoms. The van der Waals surface area contributed by atoms with Gasteiger partial charge < -0.3 is 20.1 Å². The van der Waals surface area contributed by atoms with Gasteiger partial charge in [0.2, 0.25) is 5.91 Å². The van der Waals surface area contributed by atoms with E-state index in [-0.39, 0.29) is 5.91 Å². The molecule has 1 aromatic carbocycles. The van der Waals surface area contributed by atoms with Gasteiger partial charge in [0.25, 0.3) is 0 Å². The maximum atomic E-state index is 11.8. The first-order valence-electron chi connectivity index (χ1n) is 8.80. The summed E-state index contributed by atoms with van der Waals surface area (Å²) in [6.07, 6.45) is 7.74. The molecule has 0 spiro atoms. The Morgan fingerprint density at radius 2 is 1.96 bits per heavy atom. The molecule has 0 radical (unpaired) electrons. The van der Waals surface area contributed by atoms with Crippen molar-refractivity contribution >= 4 is 18.1 Å². The standard InChI is InChI=1S/C19H26N2O4/c1-2-24-19(23)21-13-12-20-18(22)11-10-15-6-5-9-17(14-15)25-16-7-3-4-8-16/h5-6,9-11,14,16H,2-4,7-8,12-13H2,1H3,(H,20,22)(H,21,23)/b11-10+. The molecule has 1 aliphatic carbocycles. The highest BCUT2D eigenvalue weighted by molar-refractivity contribution is 5.91. The van der Waals surface area contributed by atoms with Crippen LogP contribution < -0.4 is 15.4 Å². The first kappa shape index (κ1) is 18.8. The van der Waals surface area contributed by atoms with Crippen LogP contribution in [0.1, 0.15) is 38.2 Å². The number of nitrogens with one attached hydrogen (secondary N) is 2. The van der Waals surface area contributed by atoms with Crippen molar-refractivity contribution in [1.29, 1.82) is 0 Å². The van der Waals surface area contributed by atoms with E-state index in [0.717, 1.165) is 24.2 Å². The Bertz CT molecular complexity index is 595. The number of benzene rings is 1. The topological polar surface area (TPSA) is 76.7 Å². The number of alkyl carbamates (subject to hydrolysis) is 1. The summed E-state index contributed by atoms with van der Waals surface area (Å²) in [5.74, 6) is 0.626. The van der Waals surface area contributed by atoms with Gasteiger partial charge in [0.15, 0.2) is 0 Å². The van der Waals surface area contributed by atoms with Crippen molar-refractivity contribution in [3.8, 4) is 5.75 Å². The summed E-state index contributed by atoms with van der Waals surface area (Å²) >= 11 is 0. The molecule has 2 amide bonds. The Balaban J connectivity index is 1.72. The van der Waals surface area contributed by atoms with E-state index in [1.807, 2.05) is 24.3 Å². The Morgan fingerprint density at radius 3 is 2.72 bits per heavy atom. The third-order valence-electron chi connectivity index (χ3n) is 3.86. The zero-order chi connectivity index (χ0) is 17.9. The van der Waals surface area contributed by atoms with Gasteiger partial charge in [-0.2, -0.15) is 0 Å². The predicted molar refractivity (Wildman–Crippen MR) is 96.4 cm³/mol. The minimum Gasteiger partial charge on any atom is -0.490 e. The van der Waals surface area contributed by atoms with Crippen LogP contribution in [0.5, 0.6) is 5.75 Å². The second-order valence-electron chi connectivity index (χ2n) is 5.87. The minimum absolute atomic E-state index is 0.215. The molecule has 1 fully saturated rings. The lowest BCUT2D eigenvalue weighted by Gasteiger charge is -2.13. The van der Waals surface area contributed by atoms with E-state index in [4.69, 9.17) is 9.47 Å². The van der Waals surface area contributed by atoms with E-state index >= 15 is 0 Å². The van der Waals surface area contributed by atoms with Crippen LogP contribution in [-0.2, 0) is 9.53 Å². The first-order chi connectivity index (χ1) is 12.2. The molecule has 1 aliphatic rings. The molecule has 136 valence electrons. The second kappa shape index (κ2) is 10.4. The predicted octanol–water partition coefficient (Wildman–Crippen LogP) is 2.88. The van der Waals surface area contributed by atoms with Crippen molar-refractivity contribution in [1.82, 2.24) is 10.6 Å². The maximum absolute atomic E-state index is 11.8. The summed E-state index contributed by atoms with van der Waals surface area (Å²) < 4.78 is 10.7. The van der Waals surface area contributed by atoms with E-state index < -0.39 is 6.09 Å². The highest BCUT2D eigenvalue weighted by Gasteiger charge is 2.16. The van der Waals surface area contributed by atoms with Gasteiger partial charge in [-0.25, -0.2) is 4.79 Å². The van der Waals surface area contributed by atoms with Crippen LogP contribution in [0, 0.1) is 0 Å². The maximum Gasteiger partial charge on any atom is 0.407 e. The van der Waals surface area contributed by atoms with E-state index in [9.17, 15) is 9.59 Å². The molecule has 0 atom stereocenters. The zero-order valence-electron chi connectivity index (χ0n) is 14.6. The van der Waals surface area contributed by atoms with Crippen LogP contribution in [0.2, 0.25) is 0 Å². The summed E-state index contributed by atoms with van der Waals surface area (Å²) in [5.41, 5.74) is 0.912. The van der Waals surface area contributed by atoms with Gasteiger partial charge >= 0.3 is 6.09 Å². The molecule has 0 aromatic heterocycles. The lowest BCUT2D eigenvalue weighted by Crippen LogP contribution is -2.34. The normalized spacial score (nSPS) is 14.4. The lowest BCUT2D eigenvalue weighted by molar-refractivity contribution is -0.116. The van der Waals surface area contributed by atoms with Gasteiger partial charge in [-0.15, -0.1) is 0 Å². The third kappa shape index (κ3) is 7.28. The number of rotatable bonds is 8. The minimum atomic E-state index is -0.480. The van der Waals surface area contributed by atoms with Gasteiger partial charge in [0, 0.05) is 19.2 Å². The van der Waals surface area contributed by atoms with Crippen molar-refractivity contribution in [3.63, 3.8) is 0 Å². The van der Waals surface area contributed by atoms with Crippen molar-refractivity contribution in [2.45, 2.75) is 38.7 Å². The number of ether oxygens (including phenoxy) is 2. The fourth-order valence-corrected chi connectivity index (χ4v) is 2.65. The third-order valence-corrected chi connectivity index (χ3v) is 3.86. The quantitative estimate of drug-likeness (QED) is 0.560. The van der Waals surface area contributed by atoms with E-state index in [0.29, 0.717) is 25.8 Å². The number of amides is 2. The Kier molecular flexibility index (Phi) is 7.82. The van der Waals surface area contributed by atoms with Crippen LogP contribution in [0.3, 0.4) is 0 Å². The molecular weight excluding hydrogens is 320 g/mol. The summed E-state index contributed by atoms with van der Waals surface area (Å²) in [5, 5.41) is 5.23. The Hall–Kier alpha value is -2.50. The summed E-state index contributed by atoms with van der Waals surface area (Å²) in [7, 11) is 0. The molecule has 0 aliphatic heterocycles. The molecule has 6 nitrogen and oxygen atoms in total. The van der Waals surface area contributed by atoms with E-state index in [1.54, 1.807) is 13.0 Å². The van der Waals surface area contributed by atoms with Crippen molar-refractivity contribution in [2.24, 2.45) is 0 Å². The number of hydrogen-bond acceptors (Lipinski definition) is 4. The zero-order valence-corrected chi connectivity index (χ0v) is 14.6. The fourth-order valence-electron chi connectivity index (χ4n) is 2.65. The molecule has 2 N–H and O–H groups in total. The van der Waals surface area contributed by atoms with Crippen LogP contribution in [0.4, 0.5) is 4.79 Å². The van der Waals surface area contributed by atoms with Gasteiger partial charge in [-0.1, -0.05) is 12.1 Å². The molecule has 0 unspecified atom stereocenters. The van der Waals surface area contributed by atoms with Crippen LogP contribution in [0.15, 0.2) is 30.3 Å². The molecule has 0 saturated heterocycles. The lowest BCUT2D eigenvalue weighted by atomic mass is 10.2. The van der Waals surface area contributed by atoms with E-state index in [2.05, 4.69) is 10.6 Å². The fraction of sp³-hybridized carbons (Fsp3) is 0.474.